The van der Waals surface area contributed by atoms with Crippen LogP contribution in [0.4, 0.5) is 5.82 Å². The van der Waals surface area contributed by atoms with Crippen molar-refractivity contribution in [3.05, 3.63) is 51.4 Å². The van der Waals surface area contributed by atoms with Crippen LogP contribution in [0.5, 0.6) is 0 Å². The molecule has 0 unspecified atom stereocenters. The molecule has 0 atom stereocenters. The third-order valence-corrected chi connectivity index (χ3v) is 2.93. The van der Waals surface area contributed by atoms with Crippen molar-refractivity contribution >= 4 is 29.6 Å². The van der Waals surface area contributed by atoms with Gasteiger partial charge in [-0.3, -0.25) is 0 Å². The summed E-state index contributed by atoms with van der Waals surface area (Å²) in [5.74, 6) is 1.52. The topological polar surface area (TPSA) is 49.9 Å². The van der Waals surface area contributed by atoms with Crippen LogP contribution in [0.1, 0.15) is 11.4 Å². The average molecular weight is 296 g/mol. The Morgan fingerprint density at radius 3 is 2.79 bits per heavy atom. The van der Waals surface area contributed by atoms with Gasteiger partial charge in [-0.1, -0.05) is 36.0 Å². The minimum absolute atomic E-state index is 0.403. The number of aromatic amines is 1. The number of methoxy groups -OCH3 is 1. The first kappa shape index (κ1) is 14.0. The summed E-state index contributed by atoms with van der Waals surface area (Å²) < 4.78 is 5.56. The molecule has 1 aromatic heterocycles. The van der Waals surface area contributed by atoms with Crippen molar-refractivity contribution in [2.24, 2.45) is 0 Å². The molecule has 0 aliphatic heterocycles. The molecule has 6 heteroatoms. The van der Waals surface area contributed by atoms with Crippen LogP contribution in [-0.4, -0.2) is 17.1 Å². The summed E-state index contributed by atoms with van der Waals surface area (Å²) in [7, 11) is 1.62. The Balaban J connectivity index is 2.06. The predicted molar refractivity (Wildman–Crippen MR) is 78.9 cm³/mol. The number of hydrogen-bond acceptors (Lipinski definition) is 4. The highest BCUT2D eigenvalue weighted by Crippen LogP contribution is 2.11. The van der Waals surface area contributed by atoms with E-state index in [-0.39, 0.29) is 0 Å². The van der Waals surface area contributed by atoms with Crippen molar-refractivity contribution < 1.29 is 4.74 Å². The largest absolute Gasteiger partial charge is 0.377 e. The first-order valence-electron chi connectivity index (χ1n) is 5.75. The van der Waals surface area contributed by atoms with Gasteiger partial charge in [0.15, 0.2) is 0 Å². The summed E-state index contributed by atoms with van der Waals surface area (Å²) in [4.78, 5) is 7.29. The van der Waals surface area contributed by atoms with Crippen LogP contribution in [0.2, 0.25) is 5.02 Å². The summed E-state index contributed by atoms with van der Waals surface area (Å²) in [6, 6.07) is 9.46. The fourth-order valence-corrected chi connectivity index (χ4v) is 1.96. The van der Waals surface area contributed by atoms with Gasteiger partial charge in [-0.15, -0.1) is 0 Å². The van der Waals surface area contributed by atoms with E-state index in [0.717, 1.165) is 16.4 Å². The van der Waals surface area contributed by atoms with Gasteiger partial charge in [0, 0.05) is 24.7 Å². The molecule has 0 spiro atoms. The van der Waals surface area contributed by atoms with Crippen LogP contribution in [-0.2, 0) is 17.9 Å². The number of nitrogens with one attached hydrogen (secondary N) is 2. The minimum Gasteiger partial charge on any atom is -0.377 e. The van der Waals surface area contributed by atoms with Gasteiger partial charge >= 0.3 is 0 Å². The van der Waals surface area contributed by atoms with E-state index >= 15 is 0 Å². The maximum absolute atomic E-state index is 5.84. The molecule has 2 N–H and O–H groups in total. The Morgan fingerprint density at radius 1 is 1.37 bits per heavy atom. The average Bonchev–Trinajstić information content (AvgIpc) is 2.38. The molecular formula is C13H14ClN3OS. The van der Waals surface area contributed by atoms with Gasteiger partial charge in [0.25, 0.3) is 0 Å². The smallest absolute Gasteiger partial charge is 0.135 e. The number of rotatable bonds is 5. The highest BCUT2D eigenvalue weighted by Gasteiger charge is 1.99. The van der Waals surface area contributed by atoms with E-state index in [2.05, 4.69) is 15.3 Å². The highest BCUT2D eigenvalue weighted by molar-refractivity contribution is 7.71. The molecule has 0 amide bonds. The van der Waals surface area contributed by atoms with E-state index in [4.69, 9.17) is 28.6 Å². The number of halogens is 1. The van der Waals surface area contributed by atoms with E-state index < -0.39 is 0 Å². The second kappa shape index (κ2) is 6.65. The van der Waals surface area contributed by atoms with Gasteiger partial charge in [0.05, 0.1) is 0 Å². The van der Waals surface area contributed by atoms with E-state index in [0.29, 0.717) is 23.6 Å². The van der Waals surface area contributed by atoms with Crippen LogP contribution in [0.15, 0.2) is 30.3 Å². The van der Waals surface area contributed by atoms with Crippen molar-refractivity contribution in [1.29, 1.82) is 0 Å². The molecule has 0 aliphatic carbocycles. The second-order valence-electron chi connectivity index (χ2n) is 3.99. The van der Waals surface area contributed by atoms with Crippen molar-refractivity contribution in [2.75, 3.05) is 12.4 Å². The first-order chi connectivity index (χ1) is 9.17. The predicted octanol–water partition coefficient (Wildman–Crippen LogP) is 3.55. The van der Waals surface area contributed by atoms with Crippen molar-refractivity contribution in [3.8, 4) is 0 Å². The molecule has 0 bridgehead atoms. The molecule has 2 aromatic rings. The fraction of sp³-hybridized carbons (Fsp3) is 0.231. The third kappa shape index (κ3) is 4.31. The SMILES string of the molecule is COCc1nc(=S)cc(NCc2ccc(Cl)cc2)[nH]1. The summed E-state index contributed by atoms with van der Waals surface area (Å²) >= 11 is 10.9. The van der Waals surface area contributed by atoms with Gasteiger partial charge in [-0.25, -0.2) is 4.98 Å². The molecule has 4 nitrogen and oxygen atoms in total. The van der Waals surface area contributed by atoms with E-state index in [1.54, 1.807) is 13.2 Å². The van der Waals surface area contributed by atoms with Gasteiger partial charge < -0.3 is 15.0 Å². The molecule has 0 saturated heterocycles. The molecule has 1 aromatic carbocycles. The first-order valence-corrected chi connectivity index (χ1v) is 6.53. The zero-order valence-corrected chi connectivity index (χ0v) is 12.0. The van der Waals surface area contributed by atoms with Crippen LogP contribution in [0.25, 0.3) is 0 Å². The second-order valence-corrected chi connectivity index (χ2v) is 4.85. The monoisotopic (exact) mass is 295 g/mol. The molecule has 100 valence electrons. The standard InChI is InChI=1S/C13H14ClN3OS/c1-18-8-12-16-11(6-13(19)17-12)15-7-9-2-4-10(14)5-3-9/h2-6H,7-8H2,1H3,(H2,15,16,17,19). The maximum Gasteiger partial charge on any atom is 0.135 e. The number of ether oxygens (including phenoxy) is 1. The van der Waals surface area contributed by atoms with Gasteiger partial charge in [0.2, 0.25) is 0 Å². The summed E-state index contributed by atoms with van der Waals surface area (Å²) in [5.41, 5.74) is 1.13. The Kier molecular flexibility index (Phi) is 4.90. The van der Waals surface area contributed by atoms with Gasteiger partial charge in [-0.2, -0.15) is 0 Å². The molecule has 0 saturated carbocycles. The lowest BCUT2D eigenvalue weighted by Crippen LogP contribution is -2.05. The summed E-state index contributed by atoms with van der Waals surface area (Å²) in [6.07, 6.45) is 0. The molecule has 2 rings (SSSR count). The zero-order chi connectivity index (χ0) is 13.7. The van der Waals surface area contributed by atoms with Crippen LogP contribution < -0.4 is 5.32 Å². The van der Waals surface area contributed by atoms with Crippen LogP contribution in [0.3, 0.4) is 0 Å². The molecule has 0 radical (unpaired) electrons. The quantitative estimate of drug-likeness (QED) is 0.828. The van der Waals surface area contributed by atoms with Gasteiger partial charge in [0.1, 0.15) is 22.9 Å². The number of anilines is 1. The normalized spacial score (nSPS) is 10.4. The summed E-state index contributed by atoms with van der Waals surface area (Å²) in [5, 5.41) is 3.99. The zero-order valence-electron chi connectivity index (χ0n) is 10.4. The molecule has 1 heterocycles. The van der Waals surface area contributed by atoms with Crippen LogP contribution in [0, 0.1) is 4.64 Å². The Bertz CT molecular complexity index is 598. The number of aromatic nitrogens is 2. The number of hydrogen-bond donors (Lipinski definition) is 2. The van der Waals surface area contributed by atoms with Crippen molar-refractivity contribution in [1.82, 2.24) is 9.97 Å². The lowest BCUT2D eigenvalue weighted by molar-refractivity contribution is 0.178. The van der Waals surface area contributed by atoms with Crippen molar-refractivity contribution in [2.45, 2.75) is 13.2 Å². The van der Waals surface area contributed by atoms with E-state index in [1.807, 2.05) is 24.3 Å². The minimum atomic E-state index is 0.403. The lowest BCUT2D eigenvalue weighted by atomic mass is 10.2. The Hall–Kier alpha value is -1.43. The molecule has 0 fully saturated rings. The van der Waals surface area contributed by atoms with Gasteiger partial charge in [-0.05, 0) is 17.7 Å². The van der Waals surface area contributed by atoms with E-state index in [1.165, 1.54) is 0 Å². The molecule has 19 heavy (non-hydrogen) atoms. The third-order valence-electron chi connectivity index (χ3n) is 2.47. The summed E-state index contributed by atoms with van der Waals surface area (Å²) in [6.45, 7) is 1.08. The molecular weight excluding hydrogens is 282 g/mol. The Morgan fingerprint density at radius 2 is 2.11 bits per heavy atom. The van der Waals surface area contributed by atoms with Crippen molar-refractivity contribution in [3.63, 3.8) is 0 Å². The lowest BCUT2D eigenvalue weighted by Gasteiger charge is -2.08. The molecule has 0 aliphatic rings. The number of benzene rings is 1. The fourth-order valence-electron chi connectivity index (χ4n) is 1.61. The van der Waals surface area contributed by atoms with E-state index in [9.17, 15) is 0 Å². The number of H-pyrrole nitrogens is 1. The Labute approximate surface area is 121 Å². The van der Waals surface area contributed by atoms with Crippen LogP contribution >= 0.6 is 23.8 Å². The number of nitrogens with zero attached hydrogens (tertiary/aromatic N) is 1. The maximum atomic E-state index is 5.84. The highest BCUT2D eigenvalue weighted by atomic mass is 35.5.